The molecule has 10 heavy (non-hydrogen) atoms. The van der Waals surface area contributed by atoms with Crippen molar-refractivity contribution in [2.45, 2.75) is 39.0 Å². The van der Waals surface area contributed by atoms with Crippen molar-refractivity contribution in [3.05, 3.63) is 0 Å². The van der Waals surface area contributed by atoms with E-state index >= 15 is 0 Å². The lowest BCUT2D eigenvalue weighted by Gasteiger charge is -2.14. The normalized spacial score (nSPS) is 36.5. The highest BCUT2D eigenvalue weighted by Gasteiger charge is 2.48. The fourth-order valence-electron chi connectivity index (χ4n) is 2.10. The number of carbonyl (C=O) groups is 1. The van der Waals surface area contributed by atoms with Gasteiger partial charge in [0, 0.05) is 12.3 Å². The molecule has 1 atom stereocenters. The van der Waals surface area contributed by atoms with E-state index < -0.39 is 0 Å². The largest absolute Gasteiger partial charge is 0.299 e. The molecule has 0 radical (unpaired) electrons. The Morgan fingerprint density at radius 1 is 1.50 bits per heavy atom. The summed E-state index contributed by atoms with van der Waals surface area (Å²) >= 11 is 0. The number of hydrogen-bond donors (Lipinski definition) is 0. The average Bonchev–Trinajstić information content (AvgIpc) is 2.44. The molecule has 0 aliphatic heterocycles. The number of hydrogen-bond acceptors (Lipinski definition) is 1. The highest BCUT2D eigenvalue weighted by molar-refractivity contribution is 5.84. The molecule has 1 nitrogen and oxygen atoms in total. The van der Waals surface area contributed by atoms with Crippen LogP contribution < -0.4 is 0 Å². The van der Waals surface area contributed by atoms with Crippen LogP contribution in [0.4, 0.5) is 0 Å². The van der Waals surface area contributed by atoms with Gasteiger partial charge in [0.1, 0.15) is 5.78 Å². The van der Waals surface area contributed by atoms with Crippen molar-refractivity contribution in [3.8, 4) is 0 Å². The van der Waals surface area contributed by atoms with Crippen molar-refractivity contribution in [1.29, 1.82) is 0 Å². The quantitative estimate of drug-likeness (QED) is 0.542. The summed E-state index contributed by atoms with van der Waals surface area (Å²) in [5.41, 5.74) is 0.452. The fourth-order valence-corrected chi connectivity index (χ4v) is 2.10. The zero-order valence-corrected chi connectivity index (χ0v) is 6.52. The van der Waals surface area contributed by atoms with Crippen LogP contribution in [0.5, 0.6) is 0 Å². The van der Waals surface area contributed by atoms with Gasteiger partial charge in [-0.15, -0.1) is 0 Å². The highest BCUT2D eigenvalue weighted by atomic mass is 16.1. The Kier molecular flexibility index (Phi) is 1.17. The lowest BCUT2D eigenvalue weighted by molar-refractivity contribution is -0.122. The zero-order valence-electron chi connectivity index (χ0n) is 6.52. The molecule has 0 aromatic carbocycles. The van der Waals surface area contributed by atoms with Crippen LogP contribution >= 0.6 is 0 Å². The highest BCUT2D eigenvalue weighted by Crippen LogP contribution is 2.55. The summed E-state index contributed by atoms with van der Waals surface area (Å²) in [7, 11) is 0. The SMILES string of the molecule is CC1(C2CCCC2=O)CC1. The Bertz CT molecular complexity index is 168. The van der Waals surface area contributed by atoms with E-state index in [4.69, 9.17) is 0 Å². The third-order valence-corrected chi connectivity index (χ3v) is 3.18. The van der Waals surface area contributed by atoms with Crippen molar-refractivity contribution < 1.29 is 4.79 Å². The molecule has 0 amide bonds. The third-order valence-electron chi connectivity index (χ3n) is 3.18. The van der Waals surface area contributed by atoms with Crippen molar-refractivity contribution in [2.75, 3.05) is 0 Å². The first kappa shape index (κ1) is 6.38. The van der Waals surface area contributed by atoms with Crippen LogP contribution in [0.15, 0.2) is 0 Å². The van der Waals surface area contributed by atoms with Crippen LogP contribution in [0.2, 0.25) is 0 Å². The molecular formula is C9H14O. The molecule has 0 heterocycles. The van der Waals surface area contributed by atoms with E-state index in [0.29, 0.717) is 17.1 Å². The van der Waals surface area contributed by atoms with E-state index in [1.165, 1.54) is 19.3 Å². The van der Waals surface area contributed by atoms with Gasteiger partial charge in [-0.2, -0.15) is 0 Å². The number of rotatable bonds is 1. The van der Waals surface area contributed by atoms with Gasteiger partial charge in [-0.25, -0.2) is 0 Å². The van der Waals surface area contributed by atoms with E-state index in [1.54, 1.807) is 0 Å². The molecule has 2 fully saturated rings. The van der Waals surface area contributed by atoms with Gasteiger partial charge in [0.2, 0.25) is 0 Å². The lowest BCUT2D eigenvalue weighted by atomic mass is 9.89. The van der Waals surface area contributed by atoms with Crippen LogP contribution in [0.1, 0.15) is 39.0 Å². The van der Waals surface area contributed by atoms with Gasteiger partial charge in [-0.3, -0.25) is 4.79 Å². The third kappa shape index (κ3) is 0.799. The first-order chi connectivity index (χ1) is 4.72. The van der Waals surface area contributed by atoms with E-state index in [0.717, 1.165) is 12.8 Å². The number of Topliss-reactive ketones (excluding diaryl/α,β-unsaturated/α-hetero) is 1. The summed E-state index contributed by atoms with van der Waals surface area (Å²) in [6.07, 6.45) is 5.78. The second-order valence-corrected chi connectivity index (χ2v) is 4.07. The molecule has 0 saturated heterocycles. The molecule has 0 bridgehead atoms. The van der Waals surface area contributed by atoms with Crippen molar-refractivity contribution in [1.82, 2.24) is 0 Å². The predicted molar refractivity (Wildman–Crippen MR) is 39.7 cm³/mol. The van der Waals surface area contributed by atoms with Gasteiger partial charge in [0.15, 0.2) is 0 Å². The number of carbonyl (C=O) groups excluding carboxylic acids is 1. The van der Waals surface area contributed by atoms with Gasteiger partial charge >= 0.3 is 0 Å². The second-order valence-electron chi connectivity index (χ2n) is 4.07. The van der Waals surface area contributed by atoms with Gasteiger partial charge in [-0.05, 0) is 31.1 Å². The maximum atomic E-state index is 11.3. The predicted octanol–water partition coefficient (Wildman–Crippen LogP) is 2.16. The van der Waals surface area contributed by atoms with Crippen LogP contribution in [-0.2, 0) is 4.79 Å². The Balaban J connectivity index is 2.10. The summed E-state index contributed by atoms with van der Waals surface area (Å²) in [4.78, 5) is 11.3. The van der Waals surface area contributed by atoms with Crippen molar-refractivity contribution >= 4 is 5.78 Å². The molecule has 2 rings (SSSR count). The monoisotopic (exact) mass is 138 g/mol. The Labute approximate surface area is 61.8 Å². The van der Waals surface area contributed by atoms with Crippen molar-refractivity contribution in [3.63, 3.8) is 0 Å². The maximum Gasteiger partial charge on any atom is 0.136 e. The van der Waals surface area contributed by atoms with Gasteiger partial charge in [0.05, 0.1) is 0 Å². The first-order valence-electron chi connectivity index (χ1n) is 4.25. The van der Waals surface area contributed by atoms with Crippen LogP contribution in [-0.4, -0.2) is 5.78 Å². The van der Waals surface area contributed by atoms with E-state index in [2.05, 4.69) is 6.92 Å². The topological polar surface area (TPSA) is 17.1 Å². The summed E-state index contributed by atoms with van der Waals surface area (Å²) in [5.74, 6) is 0.993. The molecule has 56 valence electrons. The zero-order chi connectivity index (χ0) is 7.19. The van der Waals surface area contributed by atoms with Crippen molar-refractivity contribution in [2.24, 2.45) is 11.3 Å². The maximum absolute atomic E-state index is 11.3. The molecule has 1 unspecified atom stereocenters. The summed E-state index contributed by atoms with van der Waals surface area (Å²) in [5, 5.41) is 0. The first-order valence-corrected chi connectivity index (χ1v) is 4.25. The fraction of sp³-hybridized carbons (Fsp3) is 0.889. The van der Waals surface area contributed by atoms with Crippen LogP contribution in [0, 0.1) is 11.3 Å². The van der Waals surface area contributed by atoms with Gasteiger partial charge in [-0.1, -0.05) is 6.92 Å². The average molecular weight is 138 g/mol. The van der Waals surface area contributed by atoms with E-state index in [1.807, 2.05) is 0 Å². The Morgan fingerprint density at radius 3 is 2.60 bits per heavy atom. The number of ketones is 1. The van der Waals surface area contributed by atoms with Crippen LogP contribution in [0.25, 0.3) is 0 Å². The van der Waals surface area contributed by atoms with E-state index in [9.17, 15) is 4.79 Å². The standard InChI is InChI=1S/C9H14O/c1-9(5-6-9)7-3-2-4-8(7)10/h7H,2-6H2,1H3. The molecule has 2 aliphatic rings. The Morgan fingerprint density at radius 2 is 2.20 bits per heavy atom. The summed E-state index contributed by atoms with van der Waals surface area (Å²) < 4.78 is 0. The molecule has 0 aromatic heterocycles. The smallest absolute Gasteiger partial charge is 0.136 e. The van der Waals surface area contributed by atoms with Gasteiger partial charge < -0.3 is 0 Å². The molecule has 1 heteroatoms. The summed E-state index contributed by atoms with van der Waals surface area (Å²) in [6.45, 7) is 2.26. The molecular weight excluding hydrogens is 124 g/mol. The summed E-state index contributed by atoms with van der Waals surface area (Å²) in [6, 6.07) is 0. The lowest BCUT2D eigenvalue weighted by Crippen LogP contribution is -2.16. The Hall–Kier alpha value is -0.330. The van der Waals surface area contributed by atoms with Crippen LogP contribution in [0.3, 0.4) is 0 Å². The molecule has 0 N–H and O–H groups in total. The molecule has 2 saturated carbocycles. The molecule has 0 spiro atoms. The van der Waals surface area contributed by atoms with E-state index in [-0.39, 0.29) is 0 Å². The minimum Gasteiger partial charge on any atom is -0.299 e. The molecule has 0 aromatic rings. The minimum absolute atomic E-state index is 0.451. The molecule has 2 aliphatic carbocycles. The minimum atomic E-state index is 0.451. The second kappa shape index (κ2) is 1.84. The van der Waals surface area contributed by atoms with Gasteiger partial charge in [0.25, 0.3) is 0 Å².